The standard InChI is InChI=1S/C12H18O/c1-4-5-6-11-7-9(2)12(13)10(3)8-11/h7-8,13H,4-6H2,1-3H3. The molecule has 1 aromatic carbocycles. The highest BCUT2D eigenvalue weighted by Gasteiger charge is 2.02. The van der Waals surface area contributed by atoms with Crippen molar-refractivity contribution in [1.29, 1.82) is 0 Å². The van der Waals surface area contributed by atoms with Crippen LogP contribution in [0.2, 0.25) is 0 Å². The maximum atomic E-state index is 9.56. The first-order valence-corrected chi connectivity index (χ1v) is 4.94. The van der Waals surface area contributed by atoms with Crippen LogP contribution in [0.15, 0.2) is 12.1 Å². The highest BCUT2D eigenvalue weighted by atomic mass is 16.3. The summed E-state index contributed by atoms with van der Waals surface area (Å²) in [5.74, 6) is 0.445. The third kappa shape index (κ3) is 2.48. The van der Waals surface area contributed by atoms with Gasteiger partial charge >= 0.3 is 0 Å². The lowest BCUT2D eigenvalue weighted by Crippen LogP contribution is -1.89. The van der Waals surface area contributed by atoms with Gasteiger partial charge in [-0.15, -0.1) is 0 Å². The number of aryl methyl sites for hydroxylation is 3. The number of hydrogen-bond donors (Lipinski definition) is 1. The number of aromatic hydroxyl groups is 1. The van der Waals surface area contributed by atoms with Crippen LogP contribution < -0.4 is 0 Å². The number of benzene rings is 1. The van der Waals surface area contributed by atoms with Crippen LogP contribution in [0, 0.1) is 13.8 Å². The van der Waals surface area contributed by atoms with Crippen LogP contribution in [0.5, 0.6) is 5.75 Å². The monoisotopic (exact) mass is 178 g/mol. The fraction of sp³-hybridized carbons (Fsp3) is 0.500. The first-order chi connectivity index (χ1) is 6.15. The Bertz CT molecular complexity index is 266. The predicted octanol–water partition coefficient (Wildman–Crippen LogP) is 3.35. The molecular weight excluding hydrogens is 160 g/mol. The van der Waals surface area contributed by atoms with Crippen LogP contribution in [-0.2, 0) is 6.42 Å². The van der Waals surface area contributed by atoms with Crippen LogP contribution in [-0.4, -0.2) is 5.11 Å². The van der Waals surface area contributed by atoms with Gasteiger partial charge in [0.15, 0.2) is 0 Å². The van der Waals surface area contributed by atoms with Crippen LogP contribution in [0.1, 0.15) is 36.5 Å². The molecule has 1 aromatic rings. The molecule has 0 aliphatic heterocycles. The Morgan fingerprint density at radius 1 is 1.15 bits per heavy atom. The Morgan fingerprint density at radius 3 is 2.15 bits per heavy atom. The number of unbranched alkanes of at least 4 members (excludes halogenated alkanes) is 1. The average molecular weight is 178 g/mol. The molecule has 0 aromatic heterocycles. The van der Waals surface area contributed by atoms with E-state index in [2.05, 4.69) is 19.1 Å². The van der Waals surface area contributed by atoms with Crippen molar-refractivity contribution in [3.05, 3.63) is 28.8 Å². The molecule has 0 fully saturated rings. The summed E-state index contributed by atoms with van der Waals surface area (Å²) in [5, 5.41) is 9.56. The minimum Gasteiger partial charge on any atom is -0.507 e. The van der Waals surface area contributed by atoms with E-state index < -0.39 is 0 Å². The van der Waals surface area contributed by atoms with Gasteiger partial charge < -0.3 is 5.11 Å². The summed E-state index contributed by atoms with van der Waals surface area (Å²) in [5.41, 5.74) is 3.33. The molecule has 0 unspecified atom stereocenters. The van der Waals surface area contributed by atoms with E-state index in [0.717, 1.165) is 17.5 Å². The van der Waals surface area contributed by atoms with Crippen molar-refractivity contribution in [3.63, 3.8) is 0 Å². The Hall–Kier alpha value is -0.980. The van der Waals surface area contributed by atoms with Gasteiger partial charge in [-0.05, 0) is 43.4 Å². The Kier molecular flexibility index (Phi) is 3.35. The first kappa shape index (κ1) is 10.1. The van der Waals surface area contributed by atoms with Crippen molar-refractivity contribution < 1.29 is 5.11 Å². The maximum Gasteiger partial charge on any atom is 0.121 e. The van der Waals surface area contributed by atoms with Gasteiger partial charge in [0, 0.05) is 0 Å². The molecule has 0 saturated heterocycles. The Labute approximate surface area is 80.4 Å². The zero-order valence-corrected chi connectivity index (χ0v) is 8.72. The van der Waals surface area contributed by atoms with Crippen molar-refractivity contribution >= 4 is 0 Å². The largest absolute Gasteiger partial charge is 0.507 e. The Morgan fingerprint density at radius 2 is 1.69 bits per heavy atom. The second-order valence-corrected chi connectivity index (χ2v) is 3.68. The van der Waals surface area contributed by atoms with Gasteiger partial charge in [-0.25, -0.2) is 0 Å². The lowest BCUT2D eigenvalue weighted by Gasteiger charge is -2.07. The van der Waals surface area contributed by atoms with Crippen LogP contribution in [0.3, 0.4) is 0 Å². The molecule has 1 nitrogen and oxygen atoms in total. The van der Waals surface area contributed by atoms with Crippen molar-refractivity contribution in [3.8, 4) is 5.75 Å². The van der Waals surface area contributed by atoms with E-state index >= 15 is 0 Å². The fourth-order valence-corrected chi connectivity index (χ4v) is 1.57. The van der Waals surface area contributed by atoms with E-state index in [1.807, 2.05) is 13.8 Å². The summed E-state index contributed by atoms with van der Waals surface area (Å²) in [6.07, 6.45) is 3.57. The number of phenols is 1. The molecule has 0 aliphatic carbocycles. The zero-order valence-electron chi connectivity index (χ0n) is 8.72. The second kappa shape index (κ2) is 4.31. The molecule has 0 spiro atoms. The molecule has 1 N–H and O–H groups in total. The van der Waals surface area contributed by atoms with Crippen LogP contribution >= 0.6 is 0 Å². The van der Waals surface area contributed by atoms with Gasteiger partial charge in [0.1, 0.15) is 5.75 Å². The molecule has 0 amide bonds. The van der Waals surface area contributed by atoms with Crippen molar-refractivity contribution in [2.24, 2.45) is 0 Å². The third-order valence-corrected chi connectivity index (χ3v) is 2.37. The molecule has 0 bridgehead atoms. The van der Waals surface area contributed by atoms with Gasteiger partial charge in [-0.2, -0.15) is 0 Å². The summed E-state index contributed by atoms with van der Waals surface area (Å²) in [6, 6.07) is 4.16. The van der Waals surface area contributed by atoms with E-state index in [0.29, 0.717) is 5.75 Å². The topological polar surface area (TPSA) is 20.2 Å². The predicted molar refractivity (Wildman–Crippen MR) is 56.2 cm³/mol. The smallest absolute Gasteiger partial charge is 0.121 e. The van der Waals surface area contributed by atoms with Crippen LogP contribution in [0.4, 0.5) is 0 Å². The van der Waals surface area contributed by atoms with Crippen molar-refractivity contribution in [1.82, 2.24) is 0 Å². The van der Waals surface area contributed by atoms with E-state index in [-0.39, 0.29) is 0 Å². The third-order valence-electron chi connectivity index (χ3n) is 2.37. The quantitative estimate of drug-likeness (QED) is 0.752. The van der Waals surface area contributed by atoms with Gasteiger partial charge in [-0.1, -0.05) is 25.5 Å². The van der Waals surface area contributed by atoms with Crippen molar-refractivity contribution in [2.75, 3.05) is 0 Å². The highest BCUT2D eigenvalue weighted by molar-refractivity contribution is 5.42. The molecule has 72 valence electrons. The summed E-state index contributed by atoms with van der Waals surface area (Å²) >= 11 is 0. The molecule has 0 saturated carbocycles. The van der Waals surface area contributed by atoms with Crippen molar-refractivity contribution in [2.45, 2.75) is 40.0 Å². The van der Waals surface area contributed by atoms with Crippen LogP contribution in [0.25, 0.3) is 0 Å². The SMILES string of the molecule is CCCCc1cc(C)c(O)c(C)c1. The summed E-state index contributed by atoms with van der Waals surface area (Å²) < 4.78 is 0. The van der Waals surface area contributed by atoms with Gasteiger partial charge in [-0.3, -0.25) is 0 Å². The zero-order chi connectivity index (χ0) is 9.84. The molecule has 13 heavy (non-hydrogen) atoms. The van der Waals surface area contributed by atoms with Gasteiger partial charge in [0.2, 0.25) is 0 Å². The van der Waals surface area contributed by atoms with E-state index in [9.17, 15) is 5.11 Å². The van der Waals surface area contributed by atoms with E-state index in [1.54, 1.807) is 0 Å². The molecular formula is C12H18O. The lowest BCUT2D eigenvalue weighted by molar-refractivity contribution is 0.466. The molecule has 0 aliphatic rings. The number of rotatable bonds is 3. The lowest BCUT2D eigenvalue weighted by atomic mass is 10.0. The number of phenolic OH excluding ortho intramolecular Hbond substituents is 1. The minimum absolute atomic E-state index is 0.445. The molecule has 0 heterocycles. The second-order valence-electron chi connectivity index (χ2n) is 3.68. The Balaban J connectivity index is 2.86. The molecule has 1 heteroatoms. The molecule has 0 atom stereocenters. The number of hydrogen-bond acceptors (Lipinski definition) is 1. The maximum absolute atomic E-state index is 9.56. The highest BCUT2D eigenvalue weighted by Crippen LogP contribution is 2.23. The normalized spacial score (nSPS) is 10.4. The average Bonchev–Trinajstić information content (AvgIpc) is 2.10. The summed E-state index contributed by atoms with van der Waals surface area (Å²) in [4.78, 5) is 0. The first-order valence-electron chi connectivity index (χ1n) is 4.94. The summed E-state index contributed by atoms with van der Waals surface area (Å²) in [7, 11) is 0. The summed E-state index contributed by atoms with van der Waals surface area (Å²) in [6.45, 7) is 6.11. The van der Waals surface area contributed by atoms with Gasteiger partial charge in [0.25, 0.3) is 0 Å². The van der Waals surface area contributed by atoms with E-state index in [4.69, 9.17) is 0 Å². The van der Waals surface area contributed by atoms with Gasteiger partial charge in [0.05, 0.1) is 0 Å². The minimum atomic E-state index is 0.445. The fourth-order valence-electron chi connectivity index (χ4n) is 1.57. The van der Waals surface area contributed by atoms with E-state index in [1.165, 1.54) is 18.4 Å². The molecule has 1 rings (SSSR count). The molecule has 0 radical (unpaired) electrons.